The highest BCUT2D eigenvalue weighted by Crippen LogP contribution is 2.70. The Morgan fingerprint density at radius 2 is 1.68 bits per heavy atom. The maximum absolute atomic E-state index is 11.9. The van der Waals surface area contributed by atoms with E-state index in [2.05, 4.69) is 27.7 Å². The van der Waals surface area contributed by atoms with Crippen LogP contribution in [0.1, 0.15) is 98.3 Å². The van der Waals surface area contributed by atoms with E-state index in [9.17, 15) is 4.79 Å². The molecule has 4 aliphatic carbocycles. The van der Waals surface area contributed by atoms with Crippen LogP contribution in [0.4, 0.5) is 0 Å². The normalized spacial score (nSPS) is 42.4. The van der Waals surface area contributed by atoms with Gasteiger partial charge in [-0.05, 0) is 97.2 Å². The van der Waals surface area contributed by atoms with Crippen molar-refractivity contribution in [2.45, 2.75) is 111 Å². The van der Waals surface area contributed by atoms with Gasteiger partial charge in [0.2, 0.25) is 0 Å². The number of esters is 1. The van der Waals surface area contributed by atoms with Crippen LogP contribution in [0.5, 0.6) is 0 Å². The number of fused-ring (bicyclic) bond motifs is 5. The highest BCUT2D eigenvalue weighted by Gasteiger charge is 2.65. The van der Waals surface area contributed by atoms with Crippen LogP contribution in [0.15, 0.2) is 0 Å². The fraction of sp³-hybridized carbons (Fsp3) is 0.968. The van der Waals surface area contributed by atoms with E-state index < -0.39 is 6.16 Å². The van der Waals surface area contributed by atoms with E-state index >= 15 is 0 Å². The van der Waals surface area contributed by atoms with Gasteiger partial charge >= 0.3 is 12.1 Å². The Morgan fingerprint density at radius 1 is 0.973 bits per heavy atom. The second kappa shape index (κ2) is 11.4. The largest absolute Gasteiger partial charge is 0.469 e. The zero-order chi connectivity index (χ0) is 27.0. The van der Waals surface area contributed by atoms with Crippen molar-refractivity contribution in [3.05, 3.63) is 0 Å². The predicted molar refractivity (Wildman–Crippen MR) is 143 cm³/mol. The van der Waals surface area contributed by atoms with E-state index in [4.69, 9.17) is 23.7 Å². The lowest BCUT2D eigenvalue weighted by atomic mass is 9.41. The summed E-state index contributed by atoms with van der Waals surface area (Å²) in [4.78, 5) is 11.9. The average molecular weight is 523 g/mol. The molecule has 37 heavy (non-hydrogen) atoms. The Morgan fingerprint density at radius 3 is 2.30 bits per heavy atom. The van der Waals surface area contributed by atoms with Gasteiger partial charge in [0.25, 0.3) is 0 Å². The summed E-state index contributed by atoms with van der Waals surface area (Å²) in [6.07, 6.45) is 11.3. The fourth-order valence-corrected chi connectivity index (χ4v) is 10.4. The van der Waals surface area contributed by atoms with Crippen LogP contribution in [0.25, 0.3) is 0 Å². The molecule has 10 atom stereocenters. The quantitative estimate of drug-likeness (QED) is 0.232. The van der Waals surface area contributed by atoms with Crippen LogP contribution in [0.2, 0.25) is 0 Å². The molecule has 0 aromatic carbocycles. The maximum atomic E-state index is 11.9. The first kappa shape index (κ1) is 29.3. The summed E-state index contributed by atoms with van der Waals surface area (Å²) in [6.45, 7) is 9.88. The summed E-state index contributed by atoms with van der Waals surface area (Å²) in [5.74, 6) is 4.29. The monoisotopic (exact) mass is 522 g/mol. The van der Waals surface area contributed by atoms with E-state index in [1.54, 1.807) is 21.3 Å². The minimum atomic E-state index is -1.48. The van der Waals surface area contributed by atoms with Gasteiger partial charge in [0.1, 0.15) is 0 Å². The number of methoxy groups -OCH3 is 4. The van der Waals surface area contributed by atoms with Gasteiger partial charge in [0.05, 0.1) is 13.2 Å². The second-order valence-corrected chi connectivity index (χ2v) is 13.3. The first-order valence-corrected chi connectivity index (χ1v) is 15.0. The molecule has 0 spiro atoms. The SMILES string of the molecule is CC[C@H]1C[C@@H]2[C@H]([C@@H](OC(OC)(OC)OC)C[C@]3(C)[C@@H]([C@H](C)CCC(=O)OC)CC[C@@H]23)[C@@]2(C)CCCC[C@@H]12. The lowest BCUT2D eigenvalue weighted by Crippen LogP contribution is -2.62. The van der Waals surface area contributed by atoms with Gasteiger partial charge in [-0.2, -0.15) is 0 Å². The van der Waals surface area contributed by atoms with Gasteiger partial charge in [0.15, 0.2) is 0 Å². The Hall–Kier alpha value is -0.690. The molecule has 4 saturated carbocycles. The van der Waals surface area contributed by atoms with Crippen LogP contribution in [0.3, 0.4) is 0 Å². The van der Waals surface area contributed by atoms with Crippen LogP contribution >= 0.6 is 0 Å². The van der Waals surface area contributed by atoms with Gasteiger partial charge in [-0.15, -0.1) is 0 Å². The molecule has 0 unspecified atom stereocenters. The summed E-state index contributed by atoms with van der Waals surface area (Å²) >= 11 is 0. The molecular formula is C31H54O6. The van der Waals surface area contributed by atoms with Crippen molar-refractivity contribution < 1.29 is 28.5 Å². The molecule has 0 amide bonds. The van der Waals surface area contributed by atoms with Crippen molar-refractivity contribution >= 4 is 5.97 Å². The standard InChI is InChI=1S/C31H54O6/c1-9-21-18-22-25-15-14-23(20(2)13-16-27(32)33-5)30(25,4)19-26(37-31(34-6,35-7)36-8)28(22)29(3)17-11-10-12-24(21)29/h20-26,28H,9-19H2,1-8H3/t20-,21+,22+,23-,24+,25+,26+,28-,29+,30-/m1/s1. The summed E-state index contributed by atoms with van der Waals surface area (Å²) in [6, 6.07) is 0. The number of hydrogen-bond acceptors (Lipinski definition) is 6. The highest BCUT2D eigenvalue weighted by atomic mass is 17.0. The molecule has 0 saturated heterocycles. The van der Waals surface area contributed by atoms with Crippen LogP contribution in [0, 0.1) is 52.3 Å². The van der Waals surface area contributed by atoms with Crippen molar-refractivity contribution in [3.63, 3.8) is 0 Å². The summed E-state index contributed by atoms with van der Waals surface area (Å²) in [5.41, 5.74) is 0.419. The van der Waals surface area contributed by atoms with Crippen molar-refractivity contribution in [3.8, 4) is 0 Å². The topological polar surface area (TPSA) is 63.2 Å². The minimum Gasteiger partial charge on any atom is -0.469 e. The van der Waals surface area contributed by atoms with Gasteiger partial charge in [-0.25, -0.2) is 0 Å². The van der Waals surface area contributed by atoms with E-state index in [0.717, 1.165) is 24.7 Å². The first-order valence-electron chi connectivity index (χ1n) is 15.0. The fourth-order valence-electron chi connectivity index (χ4n) is 10.4. The van der Waals surface area contributed by atoms with Crippen LogP contribution < -0.4 is 0 Å². The maximum Gasteiger partial charge on any atom is 0.412 e. The molecule has 6 heteroatoms. The highest BCUT2D eigenvalue weighted by molar-refractivity contribution is 5.69. The lowest BCUT2D eigenvalue weighted by molar-refractivity contribution is -0.498. The molecule has 0 heterocycles. The first-order chi connectivity index (χ1) is 17.6. The third-order valence-electron chi connectivity index (χ3n) is 12.0. The molecule has 6 nitrogen and oxygen atoms in total. The van der Waals surface area contributed by atoms with E-state index in [0.29, 0.717) is 36.0 Å². The molecule has 4 rings (SSSR count). The molecule has 0 aliphatic heterocycles. The Balaban J connectivity index is 1.71. The van der Waals surface area contributed by atoms with E-state index in [1.807, 2.05) is 0 Å². The molecule has 0 aromatic heterocycles. The average Bonchev–Trinajstić information content (AvgIpc) is 3.25. The number of rotatable bonds is 10. The molecule has 4 fully saturated rings. The summed E-state index contributed by atoms with van der Waals surface area (Å²) in [5, 5.41) is 0. The smallest absolute Gasteiger partial charge is 0.412 e. The lowest BCUT2D eigenvalue weighted by Gasteiger charge is -2.65. The molecule has 0 aromatic rings. The van der Waals surface area contributed by atoms with Crippen molar-refractivity contribution in [2.24, 2.45) is 52.3 Å². The zero-order valence-electron chi connectivity index (χ0n) is 24.8. The second-order valence-electron chi connectivity index (χ2n) is 13.3. The van der Waals surface area contributed by atoms with Crippen LogP contribution in [-0.4, -0.2) is 46.7 Å². The van der Waals surface area contributed by atoms with E-state index in [-0.39, 0.29) is 22.9 Å². The minimum absolute atomic E-state index is 0.00270. The van der Waals surface area contributed by atoms with Crippen molar-refractivity contribution in [1.82, 2.24) is 0 Å². The van der Waals surface area contributed by atoms with Gasteiger partial charge in [-0.1, -0.05) is 47.0 Å². The molecule has 0 bridgehead atoms. The van der Waals surface area contributed by atoms with Crippen molar-refractivity contribution in [1.29, 1.82) is 0 Å². The third kappa shape index (κ3) is 5.02. The third-order valence-corrected chi connectivity index (χ3v) is 12.0. The van der Waals surface area contributed by atoms with Crippen LogP contribution in [-0.2, 0) is 28.5 Å². The van der Waals surface area contributed by atoms with Gasteiger partial charge in [0, 0.05) is 27.8 Å². The van der Waals surface area contributed by atoms with Crippen molar-refractivity contribution in [2.75, 3.05) is 28.4 Å². The predicted octanol–water partition coefficient (Wildman–Crippen LogP) is 6.81. The Kier molecular flexibility index (Phi) is 9.05. The van der Waals surface area contributed by atoms with Gasteiger partial charge in [-0.3, -0.25) is 9.53 Å². The Labute approximate surface area is 225 Å². The van der Waals surface area contributed by atoms with E-state index in [1.165, 1.54) is 58.5 Å². The number of ether oxygens (including phenoxy) is 5. The Bertz CT molecular complexity index is 773. The summed E-state index contributed by atoms with van der Waals surface area (Å²) in [7, 11) is 6.29. The molecule has 0 radical (unpaired) electrons. The molecule has 4 aliphatic rings. The number of hydrogen-bond donors (Lipinski definition) is 0. The number of carbonyl (C=O) groups excluding carboxylic acids is 1. The number of carbonyl (C=O) groups is 1. The zero-order valence-corrected chi connectivity index (χ0v) is 24.8. The molecular weight excluding hydrogens is 468 g/mol. The molecule has 214 valence electrons. The molecule has 0 N–H and O–H groups in total. The van der Waals surface area contributed by atoms with Gasteiger partial charge < -0.3 is 18.9 Å². The summed E-state index contributed by atoms with van der Waals surface area (Å²) < 4.78 is 28.9.